The van der Waals surface area contributed by atoms with E-state index >= 15 is 0 Å². The monoisotopic (exact) mass is 303 g/mol. The second-order valence-corrected chi connectivity index (χ2v) is 6.18. The lowest BCUT2D eigenvalue weighted by molar-refractivity contribution is -0.150. The molecule has 2 atom stereocenters. The highest BCUT2D eigenvalue weighted by Crippen LogP contribution is 2.14. The average Bonchev–Trinajstić information content (AvgIpc) is 3.09. The van der Waals surface area contributed by atoms with Gasteiger partial charge in [0.05, 0.1) is 6.61 Å². The van der Waals surface area contributed by atoms with Crippen molar-refractivity contribution in [2.45, 2.75) is 25.1 Å². The van der Waals surface area contributed by atoms with E-state index in [2.05, 4.69) is 34.5 Å². The number of nitrogens with one attached hydrogen (secondary N) is 1. The summed E-state index contributed by atoms with van der Waals surface area (Å²) >= 11 is 0. The number of amides is 1. The quantitative estimate of drug-likeness (QED) is 0.890. The summed E-state index contributed by atoms with van der Waals surface area (Å²) in [5.41, 5.74) is 1.28. The predicted octanol–water partition coefficient (Wildman–Crippen LogP) is 0.708. The number of hydrogen-bond donors (Lipinski definition) is 1. The van der Waals surface area contributed by atoms with E-state index in [-0.39, 0.29) is 12.0 Å². The number of hydrogen-bond acceptors (Lipinski definition) is 4. The minimum absolute atomic E-state index is 0.117. The van der Waals surface area contributed by atoms with Gasteiger partial charge in [-0.3, -0.25) is 9.69 Å². The normalized spacial score (nSPS) is 26.0. The predicted molar refractivity (Wildman–Crippen MR) is 85.5 cm³/mol. The maximum Gasteiger partial charge on any atom is 0.253 e. The lowest BCUT2D eigenvalue weighted by Crippen LogP contribution is -2.52. The minimum Gasteiger partial charge on any atom is -0.366 e. The number of benzene rings is 1. The number of likely N-dealkylation sites (N-methyl/N-ethyl adjacent to an activating group) is 1. The number of carbonyl (C=O) groups excluding carboxylic acids is 1. The fourth-order valence-electron chi connectivity index (χ4n) is 3.21. The first-order valence-corrected chi connectivity index (χ1v) is 8.09. The van der Waals surface area contributed by atoms with Gasteiger partial charge in [-0.05, 0) is 18.5 Å². The van der Waals surface area contributed by atoms with E-state index in [1.807, 2.05) is 18.0 Å². The third-order valence-electron chi connectivity index (χ3n) is 4.60. The summed E-state index contributed by atoms with van der Waals surface area (Å²) in [7, 11) is 1.90. The Balaban J connectivity index is 1.56. The fourth-order valence-corrected chi connectivity index (χ4v) is 3.21. The van der Waals surface area contributed by atoms with E-state index in [1.54, 1.807) is 0 Å². The van der Waals surface area contributed by atoms with Crippen LogP contribution in [0.1, 0.15) is 12.0 Å². The Morgan fingerprint density at radius 3 is 2.95 bits per heavy atom. The van der Waals surface area contributed by atoms with Gasteiger partial charge >= 0.3 is 0 Å². The Bertz CT molecular complexity index is 488. The van der Waals surface area contributed by atoms with E-state index in [0.717, 1.165) is 32.6 Å². The Morgan fingerprint density at radius 2 is 2.23 bits per heavy atom. The number of ether oxygens (including phenoxy) is 1. The molecule has 1 aromatic rings. The van der Waals surface area contributed by atoms with Crippen LogP contribution in [0.3, 0.4) is 0 Å². The second-order valence-electron chi connectivity index (χ2n) is 6.18. The molecule has 0 aliphatic carbocycles. The highest BCUT2D eigenvalue weighted by Gasteiger charge is 2.32. The van der Waals surface area contributed by atoms with Gasteiger partial charge in [-0.1, -0.05) is 30.3 Å². The Labute approximate surface area is 132 Å². The van der Waals surface area contributed by atoms with Gasteiger partial charge in [0.25, 0.3) is 5.91 Å². The molecular weight excluding hydrogens is 278 g/mol. The molecule has 2 aliphatic rings. The van der Waals surface area contributed by atoms with Crippen molar-refractivity contribution in [3.8, 4) is 0 Å². The first-order valence-electron chi connectivity index (χ1n) is 8.09. The molecular formula is C17H25N3O2. The zero-order valence-electron chi connectivity index (χ0n) is 13.2. The molecule has 120 valence electrons. The Hall–Kier alpha value is -1.43. The van der Waals surface area contributed by atoms with Crippen LogP contribution in [-0.2, 0) is 16.1 Å². The van der Waals surface area contributed by atoms with Gasteiger partial charge in [0, 0.05) is 39.3 Å². The summed E-state index contributed by atoms with van der Waals surface area (Å²) in [6.07, 6.45) is 0.700. The van der Waals surface area contributed by atoms with Gasteiger partial charge in [-0.2, -0.15) is 0 Å². The van der Waals surface area contributed by atoms with Gasteiger partial charge < -0.3 is 15.0 Å². The Kier molecular flexibility index (Phi) is 5.08. The molecule has 2 aliphatic heterocycles. The highest BCUT2D eigenvalue weighted by molar-refractivity contribution is 5.81. The van der Waals surface area contributed by atoms with E-state index in [4.69, 9.17) is 4.74 Å². The number of nitrogens with zero attached hydrogens (tertiary/aromatic N) is 2. The van der Waals surface area contributed by atoms with E-state index < -0.39 is 0 Å². The van der Waals surface area contributed by atoms with E-state index in [1.165, 1.54) is 5.56 Å². The van der Waals surface area contributed by atoms with Crippen molar-refractivity contribution in [1.29, 1.82) is 0 Å². The minimum atomic E-state index is -0.330. The smallest absolute Gasteiger partial charge is 0.253 e. The number of morpholine rings is 1. The standard InChI is InChI=1S/C17H25N3O2/c1-19(15-7-8-18-11-15)17(21)16-13-20(9-10-22-16)12-14-5-3-2-4-6-14/h2-6,15-16,18H,7-13H2,1H3. The van der Waals surface area contributed by atoms with Gasteiger partial charge in [-0.15, -0.1) is 0 Å². The molecule has 3 rings (SSSR count). The third-order valence-corrected chi connectivity index (χ3v) is 4.60. The lowest BCUT2D eigenvalue weighted by atomic mass is 10.1. The molecule has 0 aromatic heterocycles. The summed E-state index contributed by atoms with van der Waals surface area (Å²) in [4.78, 5) is 16.8. The summed E-state index contributed by atoms with van der Waals surface area (Å²) < 4.78 is 5.74. The van der Waals surface area contributed by atoms with Gasteiger partial charge in [0.1, 0.15) is 6.10 Å². The van der Waals surface area contributed by atoms with Crippen LogP contribution in [0, 0.1) is 0 Å². The molecule has 1 amide bonds. The maximum atomic E-state index is 12.6. The molecule has 0 spiro atoms. The van der Waals surface area contributed by atoms with Crippen molar-refractivity contribution in [2.24, 2.45) is 0 Å². The van der Waals surface area contributed by atoms with Crippen LogP contribution >= 0.6 is 0 Å². The fraction of sp³-hybridized carbons (Fsp3) is 0.588. The maximum absolute atomic E-state index is 12.6. The van der Waals surface area contributed by atoms with Crippen LogP contribution in [0.25, 0.3) is 0 Å². The Morgan fingerprint density at radius 1 is 1.41 bits per heavy atom. The zero-order chi connectivity index (χ0) is 15.4. The van der Waals surface area contributed by atoms with Crippen LogP contribution in [0.5, 0.6) is 0 Å². The molecule has 2 saturated heterocycles. The van der Waals surface area contributed by atoms with Crippen molar-refractivity contribution in [1.82, 2.24) is 15.1 Å². The van der Waals surface area contributed by atoms with Crippen LogP contribution in [0.2, 0.25) is 0 Å². The van der Waals surface area contributed by atoms with Crippen LogP contribution in [0.15, 0.2) is 30.3 Å². The summed E-state index contributed by atoms with van der Waals surface area (Å²) in [5.74, 6) is 0.117. The molecule has 5 nitrogen and oxygen atoms in total. The second kappa shape index (κ2) is 7.22. The average molecular weight is 303 g/mol. The molecule has 1 aromatic carbocycles. The summed E-state index contributed by atoms with van der Waals surface area (Å²) in [6.45, 7) is 4.95. The van der Waals surface area contributed by atoms with Crippen LogP contribution in [-0.4, -0.2) is 67.7 Å². The molecule has 0 bridgehead atoms. The van der Waals surface area contributed by atoms with Gasteiger partial charge in [-0.25, -0.2) is 0 Å². The molecule has 5 heteroatoms. The zero-order valence-corrected chi connectivity index (χ0v) is 13.2. The van der Waals surface area contributed by atoms with Gasteiger partial charge in [0.15, 0.2) is 0 Å². The van der Waals surface area contributed by atoms with Crippen molar-refractivity contribution in [3.05, 3.63) is 35.9 Å². The molecule has 2 fully saturated rings. The molecule has 2 unspecified atom stereocenters. The first-order chi connectivity index (χ1) is 10.7. The number of carbonyl (C=O) groups is 1. The van der Waals surface area contributed by atoms with Crippen LogP contribution < -0.4 is 5.32 Å². The van der Waals surface area contributed by atoms with Crippen molar-refractivity contribution < 1.29 is 9.53 Å². The summed E-state index contributed by atoms with van der Waals surface area (Å²) in [5, 5.41) is 3.31. The molecule has 0 radical (unpaired) electrons. The lowest BCUT2D eigenvalue weighted by Gasteiger charge is -2.35. The molecule has 1 N–H and O–H groups in total. The first kappa shape index (κ1) is 15.5. The third kappa shape index (κ3) is 3.66. The largest absolute Gasteiger partial charge is 0.366 e. The molecule has 2 heterocycles. The van der Waals surface area contributed by atoms with Gasteiger partial charge in [0.2, 0.25) is 0 Å². The molecule has 22 heavy (non-hydrogen) atoms. The van der Waals surface area contributed by atoms with E-state index in [9.17, 15) is 4.79 Å². The van der Waals surface area contributed by atoms with Crippen LogP contribution in [0.4, 0.5) is 0 Å². The van der Waals surface area contributed by atoms with E-state index in [0.29, 0.717) is 19.2 Å². The topological polar surface area (TPSA) is 44.8 Å². The highest BCUT2D eigenvalue weighted by atomic mass is 16.5. The van der Waals surface area contributed by atoms with Crippen molar-refractivity contribution in [2.75, 3.05) is 39.8 Å². The number of rotatable bonds is 4. The SMILES string of the molecule is CN(C(=O)C1CN(Cc2ccccc2)CCO1)C1CCNC1. The van der Waals surface area contributed by atoms with Crippen molar-refractivity contribution >= 4 is 5.91 Å². The summed E-state index contributed by atoms with van der Waals surface area (Å²) in [6, 6.07) is 10.7. The van der Waals surface area contributed by atoms with Crippen molar-refractivity contribution in [3.63, 3.8) is 0 Å². The molecule has 0 saturated carbocycles.